The van der Waals surface area contributed by atoms with Crippen LogP contribution in [0.3, 0.4) is 0 Å². The monoisotopic (exact) mass is 467 g/mol. The molecular weight excluding hydrogens is 437 g/mol. The van der Waals surface area contributed by atoms with Crippen LogP contribution in [0, 0.1) is 25.6 Å². The van der Waals surface area contributed by atoms with Crippen LogP contribution in [0.25, 0.3) is 6.08 Å². The Bertz CT molecular complexity index is 1090. The number of aliphatic carboxylic acids is 1. The van der Waals surface area contributed by atoms with Crippen molar-refractivity contribution in [1.82, 2.24) is 5.32 Å². The summed E-state index contributed by atoms with van der Waals surface area (Å²) in [6.07, 6.45) is 6.03. The van der Waals surface area contributed by atoms with Crippen molar-refractivity contribution in [3.8, 4) is 0 Å². The van der Waals surface area contributed by atoms with Gasteiger partial charge in [0, 0.05) is 5.69 Å². The number of hydrogen-bond acceptors (Lipinski definition) is 3. The summed E-state index contributed by atoms with van der Waals surface area (Å²) in [5.74, 6) is -2.60. The minimum Gasteiger partial charge on any atom is -0.480 e. The summed E-state index contributed by atoms with van der Waals surface area (Å²) in [6, 6.07) is 5.40. The number of anilines is 2. The van der Waals surface area contributed by atoms with E-state index in [0.29, 0.717) is 5.69 Å². The van der Waals surface area contributed by atoms with E-state index in [2.05, 4.69) is 22.5 Å². The summed E-state index contributed by atoms with van der Waals surface area (Å²) >= 11 is 0. The zero-order chi connectivity index (χ0) is 24.8. The maximum atomic E-state index is 14.0. The molecule has 2 aromatic carbocycles. The molecule has 1 aliphatic carbocycles. The Morgan fingerprint density at radius 3 is 2.29 bits per heavy atom. The number of amides is 3. The van der Waals surface area contributed by atoms with Crippen molar-refractivity contribution in [2.45, 2.75) is 52.0 Å². The van der Waals surface area contributed by atoms with Crippen LogP contribution in [0.4, 0.5) is 20.6 Å². The second-order valence-electron chi connectivity index (χ2n) is 8.69. The van der Waals surface area contributed by atoms with E-state index in [1.54, 1.807) is 6.08 Å². The predicted molar refractivity (Wildman–Crippen MR) is 131 cm³/mol. The maximum Gasteiger partial charge on any atom is 0.326 e. The summed E-state index contributed by atoms with van der Waals surface area (Å²) in [5, 5.41) is 17.5. The highest BCUT2D eigenvalue weighted by molar-refractivity contribution is 6.07. The molecule has 0 heterocycles. The van der Waals surface area contributed by atoms with Gasteiger partial charge in [-0.25, -0.2) is 14.0 Å². The second kappa shape index (κ2) is 11.0. The fourth-order valence-corrected chi connectivity index (χ4v) is 4.46. The number of aryl methyl sites for hydroxylation is 2. The first kappa shape index (κ1) is 25.0. The largest absolute Gasteiger partial charge is 0.480 e. The Kier molecular flexibility index (Phi) is 8.04. The van der Waals surface area contributed by atoms with Crippen LogP contribution in [-0.2, 0) is 4.79 Å². The Labute approximate surface area is 198 Å². The summed E-state index contributed by atoms with van der Waals surface area (Å²) in [7, 11) is 0. The van der Waals surface area contributed by atoms with E-state index < -0.39 is 29.8 Å². The van der Waals surface area contributed by atoms with E-state index in [4.69, 9.17) is 0 Å². The molecule has 0 aromatic heterocycles. The first-order valence-electron chi connectivity index (χ1n) is 11.3. The van der Waals surface area contributed by atoms with E-state index >= 15 is 0 Å². The van der Waals surface area contributed by atoms with E-state index in [1.165, 1.54) is 6.07 Å². The van der Waals surface area contributed by atoms with Crippen LogP contribution in [0.5, 0.6) is 0 Å². The van der Waals surface area contributed by atoms with Gasteiger partial charge in [-0.15, -0.1) is 0 Å². The Balaban J connectivity index is 1.79. The highest BCUT2D eigenvalue weighted by atomic mass is 19.1. The third kappa shape index (κ3) is 6.01. The highest BCUT2D eigenvalue weighted by Gasteiger charge is 2.31. The van der Waals surface area contributed by atoms with E-state index in [1.807, 2.05) is 26.0 Å². The molecule has 4 N–H and O–H groups in total. The lowest BCUT2D eigenvalue weighted by atomic mass is 9.84. The summed E-state index contributed by atoms with van der Waals surface area (Å²) in [6.45, 7) is 7.43. The Hall–Kier alpha value is -3.68. The molecule has 0 spiro atoms. The van der Waals surface area contributed by atoms with E-state index in [0.717, 1.165) is 60.9 Å². The highest BCUT2D eigenvalue weighted by Crippen LogP contribution is 2.28. The average Bonchev–Trinajstić information content (AvgIpc) is 2.80. The van der Waals surface area contributed by atoms with Crippen molar-refractivity contribution in [2.24, 2.45) is 5.92 Å². The molecule has 3 amide bonds. The molecule has 34 heavy (non-hydrogen) atoms. The van der Waals surface area contributed by atoms with Crippen LogP contribution in [0.2, 0.25) is 0 Å². The maximum absolute atomic E-state index is 14.0. The van der Waals surface area contributed by atoms with Gasteiger partial charge in [0.15, 0.2) is 0 Å². The second-order valence-corrected chi connectivity index (χ2v) is 8.69. The molecular formula is C26H30FN3O4. The van der Waals surface area contributed by atoms with Gasteiger partial charge in [0.2, 0.25) is 0 Å². The van der Waals surface area contributed by atoms with Gasteiger partial charge in [-0.2, -0.15) is 0 Å². The van der Waals surface area contributed by atoms with Crippen molar-refractivity contribution < 1.29 is 23.9 Å². The van der Waals surface area contributed by atoms with Crippen molar-refractivity contribution in [1.29, 1.82) is 0 Å². The number of urea groups is 1. The number of rotatable bonds is 7. The van der Waals surface area contributed by atoms with Crippen LogP contribution in [0.15, 0.2) is 36.9 Å². The SMILES string of the molecule is C=Cc1cc(C)c(NC(=O)Nc2cc(F)ccc2C(=O)NC(C(=O)O)C2CCCCC2)c(C)c1. The number of benzene rings is 2. The van der Waals surface area contributed by atoms with Gasteiger partial charge in [0.1, 0.15) is 11.9 Å². The average molecular weight is 468 g/mol. The molecule has 1 unspecified atom stereocenters. The molecule has 1 fully saturated rings. The molecule has 0 bridgehead atoms. The molecule has 180 valence electrons. The van der Waals surface area contributed by atoms with Crippen LogP contribution in [-0.4, -0.2) is 29.1 Å². The fourth-order valence-electron chi connectivity index (χ4n) is 4.46. The Morgan fingerprint density at radius 2 is 1.71 bits per heavy atom. The van der Waals surface area contributed by atoms with Crippen molar-refractivity contribution in [3.63, 3.8) is 0 Å². The normalized spacial score (nSPS) is 14.7. The van der Waals surface area contributed by atoms with Crippen molar-refractivity contribution >= 4 is 35.4 Å². The number of hydrogen-bond donors (Lipinski definition) is 4. The van der Waals surface area contributed by atoms with Gasteiger partial charge in [-0.05, 0) is 79.6 Å². The number of carboxylic acids is 1. The predicted octanol–water partition coefficient (Wildman–Crippen LogP) is 5.49. The minimum atomic E-state index is -1.11. The molecule has 7 nitrogen and oxygen atoms in total. The van der Waals surface area contributed by atoms with Gasteiger partial charge >= 0.3 is 12.0 Å². The summed E-state index contributed by atoms with van der Waals surface area (Å²) in [4.78, 5) is 37.5. The topological polar surface area (TPSA) is 108 Å². The van der Waals surface area contributed by atoms with Crippen molar-refractivity contribution in [3.05, 3.63) is 65.0 Å². The van der Waals surface area contributed by atoms with Gasteiger partial charge in [-0.3, -0.25) is 4.79 Å². The molecule has 1 aliphatic rings. The standard InChI is InChI=1S/C26H30FN3O4/c1-4-17-12-15(2)22(16(3)13-17)30-26(34)28-21-14-19(27)10-11-20(21)24(31)29-23(25(32)33)18-8-6-5-7-9-18/h4,10-14,18,23H,1,5-9H2,2-3H3,(H,29,31)(H,32,33)(H2,28,30,34). The molecule has 1 saturated carbocycles. The number of halogens is 1. The lowest BCUT2D eigenvalue weighted by molar-refractivity contribution is -0.141. The first-order valence-corrected chi connectivity index (χ1v) is 11.3. The number of carbonyl (C=O) groups excluding carboxylic acids is 2. The van der Waals surface area contributed by atoms with Crippen LogP contribution in [0.1, 0.15) is 59.2 Å². The minimum absolute atomic E-state index is 0.0194. The molecule has 0 aliphatic heterocycles. The number of carboxylic acid groups (broad SMARTS) is 1. The molecule has 3 rings (SSSR count). The zero-order valence-electron chi connectivity index (χ0n) is 19.4. The van der Waals surface area contributed by atoms with Gasteiger partial charge < -0.3 is 21.1 Å². The molecule has 1 atom stereocenters. The number of nitrogens with one attached hydrogen (secondary N) is 3. The van der Waals surface area contributed by atoms with Gasteiger partial charge in [0.05, 0.1) is 11.3 Å². The molecule has 0 saturated heterocycles. The summed E-state index contributed by atoms with van der Waals surface area (Å²) in [5.41, 5.74) is 3.07. The Morgan fingerprint density at radius 1 is 1.06 bits per heavy atom. The molecule has 2 aromatic rings. The zero-order valence-corrected chi connectivity index (χ0v) is 19.4. The van der Waals surface area contributed by atoms with Crippen LogP contribution >= 0.6 is 0 Å². The quantitative estimate of drug-likeness (QED) is 0.432. The molecule has 0 radical (unpaired) electrons. The van der Waals surface area contributed by atoms with Gasteiger partial charge in [-0.1, -0.05) is 31.9 Å². The lowest BCUT2D eigenvalue weighted by Gasteiger charge is -2.28. The lowest BCUT2D eigenvalue weighted by Crippen LogP contribution is -2.46. The third-order valence-electron chi connectivity index (χ3n) is 6.18. The van der Waals surface area contributed by atoms with E-state index in [-0.39, 0.29) is 17.2 Å². The number of carbonyl (C=O) groups is 3. The smallest absolute Gasteiger partial charge is 0.326 e. The summed E-state index contributed by atoms with van der Waals surface area (Å²) < 4.78 is 14.0. The van der Waals surface area contributed by atoms with Gasteiger partial charge in [0.25, 0.3) is 5.91 Å². The fraction of sp³-hybridized carbons (Fsp3) is 0.346. The van der Waals surface area contributed by atoms with E-state index in [9.17, 15) is 23.9 Å². The first-order chi connectivity index (χ1) is 16.2. The molecule has 8 heteroatoms. The third-order valence-corrected chi connectivity index (χ3v) is 6.18. The van der Waals surface area contributed by atoms with Crippen molar-refractivity contribution in [2.75, 3.05) is 10.6 Å². The van der Waals surface area contributed by atoms with Crippen LogP contribution < -0.4 is 16.0 Å².